The monoisotopic (exact) mass is 445 g/mol. The Morgan fingerprint density at radius 2 is 1.87 bits per heavy atom. The van der Waals surface area contributed by atoms with Crippen molar-refractivity contribution in [2.45, 2.75) is 70.2 Å². The standard InChI is InChI=1S/C20H35N3O6S/c1-12(2)8-28-13(3)15(21-18(26)29-19(4,5)6)16(24)23-10-20(11-23)22-14(9-30-20)17(25)27-7/h12-15,22H,8-11H2,1-7H3,(H,21,26)/t13-,14+,15+/m1/s1. The van der Waals surface area contributed by atoms with Gasteiger partial charge in [0, 0.05) is 12.4 Å². The fraction of sp³-hybridized carbons (Fsp3) is 0.850. The van der Waals surface area contributed by atoms with E-state index in [9.17, 15) is 14.4 Å². The van der Waals surface area contributed by atoms with Crippen LogP contribution in [-0.2, 0) is 23.8 Å². The highest BCUT2D eigenvalue weighted by molar-refractivity contribution is 8.01. The van der Waals surface area contributed by atoms with Gasteiger partial charge in [0.15, 0.2) is 0 Å². The minimum Gasteiger partial charge on any atom is -0.468 e. The number of esters is 1. The molecule has 172 valence electrons. The highest BCUT2D eigenvalue weighted by atomic mass is 32.2. The Morgan fingerprint density at radius 3 is 2.40 bits per heavy atom. The fourth-order valence-corrected chi connectivity index (χ4v) is 4.70. The number of ether oxygens (including phenoxy) is 3. The highest BCUT2D eigenvalue weighted by Gasteiger charge is 2.53. The van der Waals surface area contributed by atoms with Crippen LogP contribution in [0.2, 0.25) is 0 Å². The molecular weight excluding hydrogens is 410 g/mol. The van der Waals surface area contributed by atoms with E-state index in [2.05, 4.69) is 10.6 Å². The first-order valence-electron chi connectivity index (χ1n) is 10.2. The van der Waals surface area contributed by atoms with Crippen molar-refractivity contribution in [1.82, 2.24) is 15.5 Å². The van der Waals surface area contributed by atoms with Crippen molar-refractivity contribution in [2.24, 2.45) is 5.92 Å². The summed E-state index contributed by atoms with van der Waals surface area (Å²) in [7, 11) is 1.36. The molecule has 1 spiro atoms. The third kappa shape index (κ3) is 6.49. The zero-order valence-electron chi connectivity index (χ0n) is 18.9. The van der Waals surface area contributed by atoms with Crippen LogP contribution >= 0.6 is 11.8 Å². The summed E-state index contributed by atoms with van der Waals surface area (Å²) >= 11 is 1.61. The first kappa shape index (κ1) is 24.7. The summed E-state index contributed by atoms with van der Waals surface area (Å²) in [6.45, 7) is 12.5. The van der Waals surface area contributed by atoms with Crippen LogP contribution in [0.5, 0.6) is 0 Å². The lowest BCUT2D eigenvalue weighted by Gasteiger charge is -2.48. The largest absolute Gasteiger partial charge is 0.468 e. The summed E-state index contributed by atoms with van der Waals surface area (Å²) in [5.41, 5.74) is -0.673. The first-order chi connectivity index (χ1) is 13.9. The zero-order valence-corrected chi connectivity index (χ0v) is 19.8. The number of nitrogens with one attached hydrogen (secondary N) is 2. The van der Waals surface area contributed by atoms with E-state index in [0.29, 0.717) is 31.4 Å². The highest BCUT2D eigenvalue weighted by Crippen LogP contribution is 2.39. The Hall–Kier alpha value is -1.52. The number of thioether (sulfide) groups is 1. The molecule has 2 aliphatic rings. The molecule has 3 atom stereocenters. The summed E-state index contributed by atoms with van der Waals surface area (Å²) in [5, 5.41) is 5.95. The minimum atomic E-state index is -0.862. The Bertz CT molecular complexity index is 645. The molecular formula is C20H35N3O6S. The van der Waals surface area contributed by atoms with E-state index in [4.69, 9.17) is 14.2 Å². The molecule has 10 heteroatoms. The summed E-state index contributed by atoms with van der Waals surface area (Å²) in [4.78, 5) is 38.6. The number of hydrogen-bond acceptors (Lipinski definition) is 8. The van der Waals surface area contributed by atoms with Gasteiger partial charge in [0.1, 0.15) is 22.6 Å². The molecule has 0 saturated carbocycles. The number of carbonyl (C=O) groups is 3. The van der Waals surface area contributed by atoms with Crippen LogP contribution < -0.4 is 10.6 Å². The maximum absolute atomic E-state index is 13.2. The van der Waals surface area contributed by atoms with E-state index in [1.54, 1.807) is 44.4 Å². The van der Waals surface area contributed by atoms with Crippen LogP contribution in [0.25, 0.3) is 0 Å². The number of methoxy groups -OCH3 is 1. The molecule has 2 amide bonds. The molecule has 0 radical (unpaired) electrons. The molecule has 0 aromatic heterocycles. The normalized spacial score (nSPS) is 22.4. The van der Waals surface area contributed by atoms with Crippen LogP contribution in [0.4, 0.5) is 4.79 Å². The lowest BCUT2D eigenvalue weighted by atomic mass is 10.0. The Labute approximate surface area is 182 Å². The molecule has 0 aromatic rings. The predicted octanol–water partition coefficient (Wildman–Crippen LogP) is 1.36. The number of rotatable bonds is 7. The molecule has 2 rings (SSSR count). The van der Waals surface area contributed by atoms with Crippen LogP contribution in [0.1, 0.15) is 41.5 Å². The number of likely N-dealkylation sites (tertiary alicyclic amines) is 1. The predicted molar refractivity (Wildman–Crippen MR) is 114 cm³/mol. The van der Waals surface area contributed by atoms with Gasteiger partial charge in [-0.3, -0.25) is 14.9 Å². The van der Waals surface area contributed by atoms with Gasteiger partial charge in [-0.25, -0.2) is 4.79 Å². The Balaban J connectivity index is 2.01. The van der Waals surface area contributed by atoms with Crippen LogP contribution in [0, 0.1) is 5.92 Å². The van der Waals surface area contributed by atoms with Crippen molar-refractivity contribution in [1.29, 1.82) is 0 Å². The molecule has 30 heavy (non-hydrogen) atoms. The van der Waals surface area contributed by atoms with Crippen molar-refractivity contribution in [3.8, 4) is 0 Å². The molecule has 0 bridgehead atoms. The number of carbonyl (C=O) groups excluding carboxylic acids is 3. The van der Waals surface area contributed by atoms with Gasteiger partial charge >= 0.3 is 12.1 Å². The van der Waals surface area contributed by atoms with E-state index < -0.39 is 23.8 Å². The summed E-state index contributed by atoms with van der Waals surface area (Å²) in [5.74, 6) is 0.365. The molecule has 2 saturated heterocycles. The second-order valence-electron chi connectivity index (χ2n) is 9.28. The number of nitrogens with zero attached hydrogens (tertiary/aromatic N) is 1. The summed E-state index contributed by atoms with van der Waals surface area (Å²) < 4.78 is 15.9. The number of hydrogen-bond donors (Lipinski definition) is 2. The molecule has 9 nitrogen and oxygen atoms in total. The summed E-state index contributed by atoms with van der Waals surface area (Å²) in [6.07, 6.45) is -1.17. The van der Waals surface area contributed by atoms with Gasteiger partial charge in [-0.2, -0.15) is 0 Å². The van der Waals surface area contributed by atoms with E-state index in [-0.39, 0.29) is 22.8 Å². The second-order valence-corrected chi connectivity index (χ2v) is 10.7. The molecule has 2 fully saturated rings. The van der Waals surface area contributed by atoms with Gasteiger partial charge in [0.25, 0.3) is 0 Å². The maximum atomic E-state index is 13.2. The molecule has 0 aromatic carbocycles. The number of alkyl carbamates (subject to hydrolysis) is 1. The van der Waals surface area contributed by atoms with Gasteiger partial charge in [-0.15, -0.1) is 11.8 Å². The first-order valence-corrected chi connectivity index (χ1v) is 11.2. The third-order valence-corrected chi connectivity index (χ3v) is 6.18. The molecule has 2 N–H and O–H groups in total. The SMILES string of the molecule is COC(=O)[C@@H]1CSC2(CN(C(=O)[C@@H](NC(=O)OC(C)(C)C)[C@@H](C)OCC(C)C)C2)N1. The van der Waals surface area contributed by atoms with E-state index in [1.165, 1.54) is 7.11 Å². The zero-order chi connectivity index (χ0) is 22.7. The lowest BCUT2D eigenvalue weighted by Crippen LogP contribution is -2.71. The van der Waals surface area contributed by atoms with Gasteiger partial charge in [-0.1, -0.05) is 13.8 Å². The maximum Gasteiger partial charge on any atom is 0.408 e. The topological polar surface area (TPSA) is 106 Å². The van der Waals surface area contributed by atoms with Crippen LogP contribution in [0.3, 0.4) is 0 Å². The van der Waals surface area contributed by atoms with Gasteiger partial charge in [-0.05, 0) is 33.6 Å². The third-order valence-electron chi connectivity index (χ3n) is 4.75. The Kier molecular flexibility index (Phi) is 8.03. The van der Waals surface area contributed by atoms with Crippen molar-refractivity contribution in [3.05, 3.63) is 0 Å². The van der Waals surface area contributed by atoms with Crippen molar-refractivity contribution in [2.75, 3.05) is 32.6 Å². The van der Waals surface area contributed by atoms with Crippen molar-refractivity contribution < 1.29 is 28.6 Å². The van der Waals surface area contributed by atoms with Gasteiger partial charge in [0.2, 0.25) is 5.91 Å². The smallest absolute Gasteiger partial charge is 0.408 e. The van der Waals surface area contributed by atoms with Gasteiger partial charge < -0.3 is 24.4 Å². The lowest BCUT2D eigenvalue weighted by molar-refractivity contribution is -0.145. The average Bonchev–Trinajstić information content (AvgIpc) is 3.06. The van der Waals surface area contributed by atoms with E-state index >= 15 is 0 Å². The fourth-order valence-electron chi connectivity index (χ4n) is 3.27. The van der Waals surface area contributed by atoms with Crippen LogP contribution in [0.15, 0.2) is 0 Å². The molecule has 2 aliphatic heterocycles. The number of amides is 2. The van der Waals surface area contributed by atoms with Gasteiger partial charge in [0.05, 0.1) is 26.3 Å². The van der Waals surface area contributed by atoms with E-state index in [1.807, 2.05) is 13.8 Å². The van der Waals surface area contributed by atoms with Crippen LogP contribution in [-0.4, -0.2) is 84.1 Å². The van der Waals surface area contributed by atoms with E-state index in [0.717, 1.165) is 0 Å². The Morgan fingerprint density at radius 1 is 1.23 bits per heavy atom. The summed E-state index contributed by atoms with van der Waals surface area (Å²) in [6, 6.07) is -1.24. The molecule has 2 heterocycles. The van der Waals surface area contributed by atoms with Crippen molar-refractivity contribution >= 4 is 29.7 Å². The quantitative estimate of drug-likeness (QED) is 0.566. The molecule has 0 unspecified atom stereocenters. The minimum absolute atomic E-state index is 0.230. The average molecular weight is 446 g/mol. The second kappa shape index (κ2) is 9.74. The molecule has 0 aliphatic carbocycles. The van der Waals surface area contributed by atoms with Crippen molar-refractivity contribution in [3.63, 3.8) is 0 Å².